The van der Waals surface area contributed by atoms with E-state index in [0.29, 0.717) is 5.75 Å². The van der Waals surface area contributed by atoms with Crippen molar-refractivity contribution < 1.29 is 14.6 Å². The van der Waals surface area contributed by atoms with Gasteiger partial charge in [-0.25, -0.2) is 0 Å². The van der Waals surface area contributed by atoms with E-state index >= 15 is 0 Å². The molecule has 1 unspecified atom stereocenters. The Hall–Kier alpha value is -1.33. The number of methoxy groups -OCH3 is 2. The predicted octanol–water partition coefficient (Wildman–Crippen LogP) is 3.80. The van der Waals surface area contributed by atoms with E-state index in [1.807, 2.05) is 54.6 Å². The summed E-state index contributed by atoms with van der Waals surface area (Å²) in [6, 6.07) is 17.7. The quantitative estimate of drug-likeness (QED) is 0.624. The van der Waals surface area contributed by atoms with Gasteiger partial charge in [0.25, 0.3) is 0 Å². The topological polar surface area (TPSA) is 38.7 Å². The molecule has 0 heterocycles. The van der Waals surface area contributed by atoms with Crippen LogP contribution in [0.25, 0.3) is 0 Å². The van der Waals surface area contributed by atoms with E-state index in [2.05, 4.69) is 0 Å². The highest BCUT2D eigenvalue weighted by Crippen LogP contribution is 2.26. The van der Waals surface area contributed by atoms with Gasteiger partial charge in [0.1, 0.15) is 0 Å². The smallest absolute Gasteiger partial charge is 0.183 e. The minimum atomic E-state index is -0.457. The molecule has 3 nitrogen and oxygen atoms in total. The Kier molecular flexibility index (Phi) is 6.26. The Morgan fingerprint density at radius 3 is 2.10 bits per heavy atom. The minimum absolute atomic E-state index is 0.334. The molecule has 0 aromatic heterocycles. The number of benzene rings is 2. The second-order valence-corrected chi connectivity index (χ2v) is 5.70. The Morgan fingerprint density at radius 2 is 1.52 bits per heavy atom. The molecule has 112 valence electrons. The molecule has 0 aliphatic carbocycles. The maximum absolute atomic E-state index is 10.1. The van der Waals surface area contributed by atoms with E-state index in [-0.39, 0.29) is 6.29 Å². The minimum Gasteiger partial charge on any atom is -0.388 e. The first-order chi connectivity index (χ1) is 10.2. The zero-order valence-electron chi connectivity index (χ0n) is 12.2. The predicted molar refractivity (Wildman–Crippen MR) is 85.3 cm³/mol. The van der Waals surface area contributed by atoms with Crippen LogP contribution >= 0.6 is 11.8 Å². The van der Waals surface area contributed by atoms with Crippen molar-refractivity contribution >= 4 is 11.8 Å². The third kappa shape index (κ3) is 4.58. The van der Waals surface area contributed by atoms with Crippen molar-refractivity contribution in [3.63, 3.8) is 0 Å². The summed E-state index contributed by atoms with van der Waals surface area (Å²) in [5, 5.41) is 10.1. The van der Waals surface area contributed by atoms with Gasteiger partial charge in [-0.15, -0.1) is 11.8 Å². The van der Waals surface area contributed by atoms with Gasteiger partial charge >= 0.3 is 0 Å². The van der Waals surface area contributed by atoms with E-state index in [1.54, 1.807) is 26.0 Å². The van der Waals surface area contributed by atoms with Crippen molar-refractivity contribution in [3.05, 3.63) is 65.7 Å². The molecule has 2 aromatic carbocycles. The molecule has 0 aliphatic heterocycles. The van der Waals surface area contributed by atoms with Gasteiger partial charge in [0, 0.05) is 30.4 Å². The van der Waals surface area contributed by atoms with Crippen molar-refractivity contribution in [2.45, 2.75) is 17.3 Å². The molecule has 0 spiro atoms. The van der Waals surface area contributed by atoms with Crippen LogP contribution in [-0.4, -0.2) is 25.1 Å². The van der Waals surface area contributed by atoms with Crippen molar-refractivity contribution in [3.8, 4) is 0 Å². The third-order valence-corrected chi connectivity index (χ3v) is 4.26. The van der Waals surface area contributed by atoms with Gasteiger partial charge in [0.05, 0.1) is 6.10 Å². The van der Waals surface area contributed by atoms with E-state index in [4.69, 9.17) is 9.47 Å². The molecule has 1 atom stereocenters. The molecule has 0 bridgehead atoms. The van der Waals surface area contributed by atoms with Crippen LogP contribution < -0.4 is 0 Å². The lowest BCUT2D eigenvalue weighted by molar-refractivity contribution is -0.106. The van der Waals surface area contributed by atoms with Crippen LogP contribution in [0.3, 0.4) is 0 Å². The van der Waals surface area contributed by atoms with Gasteiger partial charge in [-0.05, 0) is 17.7 Å². The van der Waals surface area contributed by atoms with E-state index in [0.717, 1.165) is 16.0 Å². The fraction of sp³-hybridized carbons (Fsp3) is 0.294. The highest BCUT2D eigenvalue weighted by Gasteiger charge is 2.10. The zero-order chi connectivity index (χ0) is 15.1. The number of ether oxygens (including phenoxy) is 2. The van der Waals surface area contributed by atoms with E-state index < -0.39 is 6.10 Å². The van der Waals surface area contributed by atoms with Gasteiger partial charge in [0.15, 0.2) is 6.29 Å². The standard InChI is InChI=1S/C17H20O3S/c1-19-17(20-2)14-8-10-15(11-9-14)21-12-16(18)13-6-4-3-5-7-13/h3-11,16-18H,12H2,1-2H3. The largest absolute Gasteiger partial charge is 0.388 e. The summed E-state index contributed by atoms with van der Waals surface area (Å²) in [4.78, 5) is 1.11. The molecule has 0 saturated carbocycles. The fourth-order valence-electron chi connectivity index (χ4n) is 2.04. The molecule has 0 saturated heterocycles. The zero-order valence-corrected chi connectivity index (χ0v) is 13.0. The molecule has 0 amide bonds. The van der Waals surface area contributed by atoms with Crippen LogP contribution in [0.2, 0.25) is 0 Å². The first-order valence-electron chi connectivity index (χ1n) is 6.76. The fourth-order valence-corrected chi connectivity index (χ4v) is 2.91. The lowest BCUT2D eigenvalue weighted by atomic mass is 10.1. The summed E-state index contributed by atoms with van der Waals surface area (Å²) in [6.07, 6.45) is -0.791. The van der Waals surface area contributed by atoms with E-state index in [9.17, 15) is 5.11 Å². The lowest BCUT2D eigenvalue weighted by Gasteiger charge is -2.14. The number of hydrogen-bond donors (Lipinski definition) is 1. The average Bonchev–Trinajstić information content (AvgIpc) is 2.55. The summed E-state index contributed by atoms with van der Waals surface area (Å²) < 4.78 is 10.4. The van der Waals surface area contributed by atoms with Gasteiger partial charge in [0.2, 0.25) is 0 Å². The summed E-state index contributed by atoms with van der Waals surface area (Å²) in [6.45, 7) is 0. The average molecular weight is 304 g/mol. The molecule has 1 N–H and O–H groups in total. The second kappa shape index (κ2) is 8.20. The monoisotopic (exact) mass is 304 g/mol. The Morgan fingerprint density at radius 1 is 0.905 bits per heavy atom. The lowest BCUT2D eigenvalue weighted by Crippen LogP contribution is -2.03. The maximum atomic E-state index is 10.1. The molecular weight excluding hydrogens is 284 g/mol. The highest BCUT2D eigenvalue weighted by atomic mass is 32.2. The first-order valence-corrected chi connectivity index (χ1v) is 7.74. The van der Waals surface area contributed by atoms with Crippen molar-refractivity contribution in [2.24, 2.45) is 0 Å². The molecule has 0 fully saturated rings. The van der Waals surface area contributed by atoms with Crippen LogP contribution in [0.15, 0.2) is 59.5 Å². The summed E-state index contributed by atoms with van der Waals surface area (Å²) in [5.41, 5.74) is 1.92. The van der Waals surface area contributed by atoms with Gasteiger partial charge in [-0.1, -0.05) is 42.5 Å². The number of hydrogen-bond acceptors (Lipinski definition) is 4. The molecule has 0 radical (unpaired) electrons. The molecule has 4 heteroatoms. The van der Waals surface area contributed by atoms with Crippen LogP contribution in [0, 0.1) is 0 Å². The van der Waals surface area contributed by atoms with Crippen molar-refractivity contribution in [1.82, 2.24) is 0 Å². The molecule has 2 rings (SSSR count). The van der Waals surface area contributed by atoms with Gasteiger partial charge in [-0.2, -0.15) is 0 Å². The van der Waals surface area contributed by atoms with Crippen LogP contribution in [-0.2, 0) is 9.47 Å². The maximum Gasteiger partial charge on any atom is 0.183 e. The summed E-state index contributed by atoms with van der Waals surface area (Å²) >= 11 is 1.63. The molecule has 2 aromatic rings. The number of thioether (sulfide) groups is 1. The second-order valence-electron chi connectivity index (χ2n) is 4.61. The van der Waals surface area contributed by atoms with Crippen molar-refractivity contribution in [2.75, 3.05) is 20.0 Å². The SMILES string of the molecule is COC(OC)c1ccc(SCC(O)c2ccccc2)cc1. The van der Waals surface area contributed by atoms with Gasteiger partial charge in [-0.3, -0.25) is 0 Å². The first kappa shape index (κ1) is 16.0. The number of aliphatic hydroxyl groups excluding tert-OH is 1. The van der Waals surface area contributed by atoms with Gasteiger partial charge < -0.3 is 14.6 Å². The van der Waals surface area contributed by atoms with E-state index in [1.165, 1.54) is 0 Å². The summed E-state index contributed by atoms with van der Waals surface area (Å²) in [7, 11) is 3.24. The molecule has 0 aliphatic rings. The molecular formula is C17H20O3S. The number of rotatable bonds is 7. The normalized spacial score (nSPS) is 12.6. The highest BCUT2D eigenvalue weighted by molar-refractivity contribution is 7.99. The number of aliphatic hydroxyl groups is 1. The Balaban J connectivity index is 1.92. The van der Waals surface area contributed by atoms with Crippen LogP contribution in [0.5, 0.6) is 0 Å². The third-order valence-electron chi connectivity index (χ3n) is 3.17. The van der Waals surface area contributed by atoms with Crippen molar-refractivity contribution in [1.29, 1.82) is 0 Å². The van der Waals surface area contributed by atoms with Crippen LogP contribution in [0.1, 0.15) is 23.5 Å². The Bertz CT molecular complexity index is 523. The Labute approximate surface area is 129 Å². The van der Waals surface area contributed by atoms with Crippen LogP contribution in [0.4, 0.5) is 0 Å². The summed E-state index contributed by atoms with van der Waals surface area (Å²) in [5.74, 6) is 0.626. The molecule has 21 heavy (non-hydrogen) atoms.